The van der Waals surface area contributed by atoms with E-state index in [0.29, 0.717) is 5.75 Å². The van der Waals surface area contributed by atoms with Crippen LogP contribution in [-0.2, 0) is 5.75 Å². The summed E-state index contributed by atoms with van der Waals surface area (Å²) in [4.78, 5) is 0. The van der Waals surface area contributed by atoms with E-state index in [4.69, 9.17) is 11.8 Å². The number of alkyl halides is 3. The lowest BCUT2D eigenvalue weighted by Gasteiger charge is -2.14. The maximum absolute atomic E-state index is 12.5. The van der Waals surface area contributed by atoms with Crippen LogP contribution in [0.2, 0.25) is 0 Å². The topological polar surface area (TPSA) is 3.24 Å². The number of hydrogen-bond donors (Lipinski definition) is 0. The molecule has 0 fully saturated rings. The zero-order chi connectivity index (χ0) is 12.5. The molecule has 1 aromatic carbocycles. The van der Waals surface area contributed by atoms with Crippen LogP contribution in [0.3, 0.4) is 0 Å². The average molecular weight is 282 g/mol. The third-order valence-corrected chi connectivity index (χ3v) is 5.09. The summed E-state index contributed by atoms with van der Waals surface area (Å²) in [5.41, 5.74) is 1.00. The summed E-state index contributed by atoms with van der Waals surface area (Å²) in [6.07, 6.45) is -4.19. The Labute approximate surface area is 105 Å². The van der Waals surface area contributed by atoms with E-state index in [2.05, 4.69) is 0 Å². The molecular weight excluding hydrogens is 271 g/mol. The Morgan fingerprint density at radius 2 is 1.94 bits per heavy atom. The summed E-state index contributed by atoms with van der Waals surface area (Å²) < 4.78 is 38.9. The Morgan fingerprint density at radius 1 is 1.29 bits per heavy atom. The van der Waals surface area contributed by atoms with Crippen molar-refractivity contribution in [3.8, 4) is 0 Å². The monoisotopic (exact) mass is 281 g/mol. The third kappa shape index (κ3) is 3.24. The quantitative estimate of drug-likeness (QED) is 0.588. The Hall–Kier alpha value is -0.520. The van der Waals surface area contributed by atoms with Gasteiger partial charge in [0.15, 0.2) is 0 Å². The van der Waals surface area contributed by atoms with Crippen LogP contribution in [0.4, 0.5) is 13.2 Å². The van der Waals surface area contributed by atoms with E-state index in [9.17, 15) is 13.2 Å². The van der Waals surface area contributed by atoms with Crippen LogP contribution in [0.15, 0.2) is 30.3 Å². The molecule has 2 atom stereocenters. The molecular formula is C11H11ClF3NS. The van der Waals surface area contributed by atoms with Gasteiger partial charge in [0.25, 0.3) is 0 Å². The molecule has 1 aromatic rings. The van der Waals surface area contributed by atoms with Gasteiger partial charge in [-0.2, -0.15) is 17.0 Å². The zero-order valence-corrected chi connectivity index (χ0v) is 10.4. The summed E-state index contributed by atoms with van der Waals surface area (Å²) in [6, 6.07) is 9.41. The summed E-state index contributed by atoms with van der Waals surface area (Å²) in [7, 11) is -0.646. The number of rotatable bonds is 2. The van der Waals surface area contributed by atoms with Crippen molar-refractivity contribution in [3.05, 3.63) is 35.9 Å². The molecule has 0 bridgehead atoms. The van der Waals surface area contributed by atoms with Crippen LogP contribution in [0.1, 0.15) is 5.56 Å². The first kappa shape index (κ1) is 12.9. The first-order chi connectivity index (χ1) is 7.97. The van der Waals surface area contributed by atoms with Crippen molar-refractivity contribution in [2.45, 2.75) is 11.9 Å². The van der Waals surface area contributed by atoms with E-state index in [-0.39, 0.29) is 6.54 Å². The Kier molecular flexibility index (Phi) is 3.80. The Morgan fingerprint density at radius 3 is 2.47 bits per heavy atom. The van der Waals surface area contributed by atoms with Gasteiger partial charge in [-0.15, -0.1) is 10.7 Å². The maximum atomic E-state index is 12.5. The van der Waals surface area contributed by atoms with Crippen LogP contribution >= 0.6 is 22.4 Å². The van der Waals surface area contributed by atoms with E-state index >= 15 is 0 Å². The average Bonchev–Trinajstić information content (AvgIpc) is 2.62. The van der Waals surface area contributed by atoms with Gasteiger partial charge in [0, 0.05) is 12.3 Å². The summed E-state index contributed by atoms with van der Waals surface area (Å²) in [5, 5.41) is 1.32. The van der Waals surface area contributed by atoms with E-state index in [1.54, 1.807) is 0 Å². The van der Waals surface area contributed by atoms with Gasteiger partial charge < -0.3 is 0 Å². The molecule has 0 amide bonds. The smallest absolute Gasteiger partial charge is 0.170 e. The molecule has 0 saturated carbocycles. The molecule has 0 spiro atoms. The molecule has 0 N–H and O–H groups in total. The van der Waals surface area contributed by atoms with Crippen LogP contribution in [0.25, 0.3) is 0 Å². The summed E-state index contributed by atoms with van der Waals surface area (Å²) in [6.45, 7) is -0.152. The van der Waals surface area contributed by atoms with Gasteiger partial charge in [-0.3, -0.25) is 0 Å². The van der Waals surface area contributed by atoms with Gasteiger partial charge in [-0.05, 0) is 22.7 Å². The zero-order valence-electron chi connectivity index (χ0n) is 8.82. The molecule has 94 valence electrons. The normalized spacial score (nSPS) is 25.9. The predicted molar refractivity (Wildman–Crippen MR) is 65.9 cm³/mol. The lowest BCUT2D eigenvalue weighted by atomic mass is 10.2. The minimum Gasteiger partial charge on any atom is -0.170 e. The largest absolute Gasteiger partial charge is 0.396 e. The van der Waals surface area contributed by atoms with Gasteiger partial charge in [-0.1, -0.05) is 30.3 Å². The fourth-order valence-corrected chi connectivity index (χ4v) is 3.90. The lowest BCUT2D eigenvalue weighted by molar-refractivity contribution is -0.152. The molecule has 1 heterocycles. The molecule has 1 aliphatic rings. The van der Waals surface area contributed by atoms with Crippen molar-refractivity contribution in [3.63, 3.8) is 0 Å². The molecule has 17 heavy (non-hydrogen) atoms. The highest BCUT2D eigenvalue weighted by atomic mass is 35.5. The fourth-order valence-electron chi connectivity index (χ4n) is 1.59. The third-order valence-electron chi connectivity index (χ3n) is 2.49. The number of hydrogen-bond acceptors (Lipinski definition) is 1. The lowest BCUT2D eigenvalue weighted by Crippen LogP contribution is -2.26. The van der Waals surface area contributed by atoms with Crippen LogP contribution in [-0.4, -0.2) is 21.9 Å². The fraction of sp³-hybridized carbons (Fsp3) is 0.364. The van der Waals surface area contributed by atoms with E-state index in [1.807, 2.05) is 30.3 Å². The van der Waals surface area contributed by atoms with E-state index in [1.165, 1.54) is 9.19 Å². The van der Waals surface area contributed by atoms with Gasteiger partial charge in [0.2, 0.25) is 0 Å². The highest BCUT2D eigenvalue weighted by Crippen LogP contribution is 2.39. The maximum Gasteiger partial charge on any atom is 0.396 e. The van der Waals surface area contributed by atoms with Crippen molar-refractivity contribution < 1.29 is 13.2 Å². The SMILES string of the molecule is FC(F)(F)C1C=S(Cc2ccccc2)N(Cl)C1. The second-order valence-electron chi connectivity index (χ2n) is 3.82. The van der Waals surface area contributed by atoms with Crippen molar-refractivity contribution in [2.24, 2.45) is 5.92 Å². The van der Waals surface area contributed by atoms with Gasteiger partial charge >= 0.3 is 6.18 Å². The predicted octanol–water partition coefficient (Wildman–Crippen LogP) is 3.82. The molecule has 2 unspecified atom stereocenters. The minimum absolute atomic E-state index is 0.152. The van der Waals surface area contributed by atoms with Crippen molar-refractivity contribution in [1.82, 2.24) is 3.82 Å². The standard InChI is InChI=1S/C11H11ClF3NS/c12-16-6-10(11(13,14)15)8-17(16)7-9-4-2-1-3-5-9/h1-5,8,10H,6-7H2. The molecule has 0 aliphatic carbocycles. The molecule has 0 saturated heterocycles. The van der Waals surface area contributed by atoms with Crippen LogP contribution in [0, 0.1) is 5.92 Å². The second kappa shape index (κ2) is 5.00. The van der Waals surface area contributed by atoms with Crippen LogP contribution < -0.4 is 0 Å². The van der Waals surface area contributed by atoms with Crippen molar-refractivity contribution in [2.75, 3.05) is 6.54 Å². The highest BCUT2D eigenvalue weighted by molar-refractivity contribution is 8.13. The first-order valence-corrected chi connectivity index (χ1v) is 6.81. The molecule has 6 heteroatoms. The van der Waals surface area contributed by atoms with Crippen LogP contribution in [0.5, 0.6) is 0 Å². The van der Waals surface area contributed by atoms with E-state index in [0.717, 1.165) is 5.56 Å². The van der Waals surface area contributed by atoms with E-state index < -0.39 is 22.8 Å². The summed E-state index contributed by atoms with van der Waals surface area (Å²) >= 11 is 5.84. The van der Waals surface area contributed by atoms with Gasteiger partial charge in [-0.25, -0.2) is 0 Å². The second-order valence-corrected chi connectivity index (χ2v) is 6.23. The number of halogens is 4. The minimum atomic E-state index is -4.19. The Balaban J connectivity index is 2.11. The number of benzene rings is 1. The summed E-state index contributed by atoms with van der Waals surface area (Å²) in [5.74, 6) is -0.872. The Bertz CT molecular complexity index is 418. The van der Waals surface area contributed by atoms with Gasteiger partial charge in [0.1, 0.15) is 0 Å². The van der Waals surface area contributed by atoms with Crippen molar-refractivity contribution >= 4 is 27.8 Å². The number of nitrogens with zero attached hydrogens (tertiary/aromatic N) is 1. The molecule has 1 aliphatic heterocycles. The van der Waals surface area contributed by atoms with Gasteiger partial charge in [0.05, 0.1) is 5.92 Å². The molecule has 1 nitrogen and oxygen atoms in total. The first-order valence-electron chi connectivity index (χ1n) is 5.05. The molecule has 0 aromatic heterocycles. The van der Waals surface area contributed by atoms with Crippen molar-refractivity contribution in [1.29, 1.82) is 0 Å². The highest BCUT2D eigenvalue weighted by Gasteiger charge is 2.42. The molecule has 0 radical (unpaired) electrons. The molecule has 2 rings (SSSR count).